The number of hydrogen-bond acceptors (Lipinski definition) is 4. The number of para-hydroxylation sites is 1. The predicted octanol–water partition coefficient (Wildman–Crippen LogP) is -2.04. The van der Waals surface area contributed by atoms with Crippen molar-refractivity contribution in [3.63, 3.8) is 0 Å². The molecule has 0 fully saturated rings. The molecule has 1 heterocycles. The number of quaternary nitrogens is 2. The van der Waals surface area contributed by atoms with Crippen molar-refractivity contribution in [2.75, 3.05) is 0 Å². The first-order chi connectivity index (χ1) is 6.20. The summed E-state index contributed by atoms with van der Waals surface area (Å²) < 4.78 is 0. The summed E-state index contributed by atoms with van der Waals surface area (Å²) in [4.78, 5) is 0. The van der Waals surface area contributed by atoms with E-state index in [-0.39, 0.29) is 11.0 Å². The van der Waals surface area contributed by atoms with E-state index >= 15 is 0 Å². The number of nitrogens with one attached hydrogen (secondary N) is 2. The van der Waals surface area contributed by atoms with Crippen LogP contribution in [0.4, 0.5) is 11.4 Å². The van der Waals surface area contributed by atoms with Crippen LogP contribution in [0.2, 0.25) is 0 Å². The second kappa shape index (κ2) is 2.79. The molecule has 6 heteroatoms. The van der Waals surface area contributed by atoms with Crippen LogP contribution in [-0.4, -0.2) is 5.96 Å². The van der Waals surface area contributed by atoms with E-state index in [0.717, 1.165) is 0 Å². The molecule has 0 spiro atoms. The fraction of sp³-hybridized carbons (Fsp3) is 0. The van der Waals surface area contributed by atoms with Crippen LogP contribution < -0.4 is 16.0 Å². The lowest BCUT2D eigenvalue weighted by atomic mass is 10.2. The van der Waals surface area contributed by atoms with Gasteiger partial charge in [-0.1, -0.05) is 12.1 Å². The van der Waals surface area contributed by atoms with E-state index in [4.69, 9.17) is 5.73 Å². The predicted molar refractivity (Wildman–Crippen MR) is 46.0 cm³/mol. The van der Waals surface area contributed by atoms with Crippen molar-refractivity contribution >= 4 is 17.3 Å². The third-order valence-corrected chi connectivity index (χ3v) is 1.86. The lowest BCUT2D eigenvalue weighted by Crippen LogP contribution is -3.14. The summed E-state index contributed by atoms with van der Waals surface area (Å²) >= 11 is 0. The van der Waals surface area contributed by atoms with E-state index in [1.54, 1.807) is 24.3 Å². The Bertz CT molecular complexity index is 365. The Kier molecular flexibility index (Phi) is 1.74. The summed E-state index contributed by atoms with van der Waals surface area (Å²) in [5.74, 6) is -0.233. The number of hydrogen-bond donors (Lipinski definition) is 3. The summed E-state index contributed by atoms with van der Waals surface area (Å²) in [5, 5.41) is 25.2. The van der Waals surface area contributed by atoms with Gasteiger partial charge in [-0.2, -0.15) is 5.17 Å². The Morgan fingerprint density at radius 2 is 1.77 bits per heavy atom. The van der Waals surface area contributed by atoms with Crippen LogP contribution in [0.25, 0.3) is 0 Å². The number of guanidine groups is 1. The average Bonchev–Trinajstić information content (AvgIpc) is 2.15. The largest absolute Gasteiger partial charge is 0.621 e. The van der Waals surface area contributed by atoms with Crippen molar-refractivity contribution in [2.24, 2.45) is 10.8 Å². The second-order valence-electron chi connectivity index (χ2n) is 2.68. The molecule has 2 unspecified atom stereocenters. The molecule has 1 aromatic rings. The monoisotopic (exact) mass is 180 g/mol. The van der Waals surface area contributed by atoms with Gasteiger partial charge in [-0.05, 0) is 0 Å². The van der Waals surface area contributed by atoms with Gasteiger partial charge in [0.1, 0.15) is 0 Å². The first-order valence-electron chi connectivity index (χ1n) is 3.72. The Morgan fingerprint density at radius 3 is 2.46 bits per heavy atom. The van der Waals surface area contributed by atoms with E-state index < -0.39 is 5.17 Å². The van der Waals surface area contributed by atoms with Gasteiger partial charge in [0.2, 0.25) is 11.4 Å². The van der Waals surface area contributed by atoms with Crippen LogP contribution in [0.3, 0.4) is 0 Å². The molecule has 0 aliphatic carbocycles. The zero-order valence-electron chi connectivity index (χ0n) is 6.65. The van der Waals surface area contributed by atoms with E-state index in [9.17, 15) is 10.4 Å². The van der Waals surface area contributed by atoms with Crippen molar-refractivity contribution in [3.8, 4) is 0 Å². The first kappa shape index (κ1) is 8.14. The molecule has 0 saturated carbocycles. The molecular weight excluding hydrogens is 172 g/mol. The van der Waals surface area contributed by atoms with Gasteiger partial charge in [0.15, 0.2) is 0 Å². The average molecular weight is 180 g/mol. The molecule has 0 radical (unpaired) electrons. The minimum absolute atomic E-state index is 0.233. The van der Waals surface area contributed by atoms with Gasteiger partial charge in [0, 0.05) is 17.2 Å². The maximum Gasteiger partial charge on any atom is 0.351 e. The molecule has 1 aromatic carbocycles. The van der Waals surface area contributed by atoms with Crippen molar-refractivity contribution < 1.29 is 10.2 Å². The molecule has 2 atom stereocenters. The van der Waals surface area contributed by atoms with Gasteiger partial charge in [0.25, 0.3) is 0 Å². The Balaban J connectivity index is 2.55. The number of nitrogens with zero attached hydrogens (tertiary/aromatic N) is 1. The summed E-state index contributed by atoms with van der Waals surface area (Å²) in [6.07, 6.45) is 0. The number of rotatable bonds is 0. The van der Waals surface area contributed by atoms with Crippen LogP contribution in [0.1, 0.15) is 0 Å². The van der Waals surface area contributed by atoms with Crippen molar-refractivity contribution in [1.82, 2.24) is 0 Å². The maximum absolute atomic E-state index is 11.4. The van der Waals surface area contributed by atoms with Crippen molar-refractivity contribution in [1.29, 1.82) is 0 Å². The number of hydroxylamine groups is 1. The number of fused-ring (bicyclic) bond motifs is 1. The normalized spacial score (nSPS) is 26.5. The van der Waals surface area contributed by atoms with Crippen LogP contribution in [0.15, 0.2) is 29.4 Å². The Labute approximate surface area is 74.0 Å². The Hall–Kier alpha value is -1.47. The minimum atomic E-state index is -0.451. The molecule has 68 valence electrons. The minimum Gasteiger partial charge on any atom is -0.621 e. The molecule has 1 aliphatic rings. The molecular formula is C7H8N4O2. The lowest BCUT2D eigenvalue weighted by molar-refractivity contribution is -0.812. The fourth-order valence-electron chi connectivity index (χ4n) is 1.23. The summed E-state index contributed by atoms with van der Waals surface area (Å²) in [6, 6.07) is 6.49. The second-order valence-corrected chi connectivity index (χ2v) is 2.68. The quantitative estimate of drug-likeness (QED) is 0.401. The van der Waals surface area contributed by atoms with Crippen LogP contribution in [0.5, 0.6) is 0 Å². The van der Waals surface area contributed by atoms with Gasteiger partial charge in [-0.15, -0.1) is 0 Å². The van der Waals surface area contributed by atoms with Crippen LogP contribution >= 0.6 is 0 Å². The van der Waals surface area contributed by atoms with Crippen LogP contribution in [0, 0.1) is 10.4 Å². The standard InChI is InChI=1S/C7H8N4O2/c8-7-9-11(13)6-4-2-1-3-5(6)10(7)12/h1-4,10-11H,(H2,8,9). The van der Waals surface area contributed by atoms with E-state index in [2.05, 4.69) is 5.10 Å². The molecule has 13 heavy (non-hydrogen) atoms. The van der Waals surface area contributed by atoms with E-state index in [1.165, 1.54) is 0 Å². The van der Waals surface area contributed by atoms with Crippen molar-refractivity contribution in [3.05, 3.63) is 34.7 Å². The molecule has 0 bridgehead atoms. The SMILES string of the molecule is NC1=N[NH+]([O-])c2ccccc2[NH+]1[O-]. The van der Waals surface area contributed by atoms with Gasteiger partial charge in [0.05, 0.1) is 0 Å². The highest BCUT2D eigenvalue weighted by Gasteiger charge is 2.24. The Morgan fingerprint density at radius 1 is 1.15 bits per heavy atom. The first-order valence-corrected chi connectivity index (χ1v) is 3.72. The lowest BCUT2D eigenvalue weighted by Gasteiger charge is -2.28. The van der Waals surface area contributed by atoms with E-state index in [1.807, 2.05) is 0 Å². The van der Waals surface area contributed by atoms with Crippen molar-refractivity contribution in [2.45, 2.75) is 0 Å². The van der Waals surface area contributed by atoms with Gasteiger partial charge in [-0.25, -0.2) is 0 Å². The van der Waals surface area contributed by atoms with Crippen LogP contribution in [-0.2, 0) is 0 Å². The third kappa shape index (κ3) is 1.18. The zero-order valence-corrected chi connectivity index (χ0v) is 6.65. The molecule has 1 aliphatic heterocycles. The highest BCUT2D eigenvalue weighted by molar-refractivity contribution is 5.74. The molecule has 0 saturated heterocycles. The van der Waals surface area contributed by atoms with Gasteiger partial charge >= 0.3 is 5.96 Å². The van der Waals surface area contributed by atoms with E-state index in [0.29, 0.717) is 11.4 Å². The molecule has 6 nitrogen and oxygen atoms in total. The summed E-state index contributed by atoms with van der Waals surface area (Å²) in [7, 11) is 0. The third-order valence-electron chi connectivity index (χ3n) is 1.86. The molecule has 4 N–H and O–H groups in total. The number of nitrogens with two attached hydrogens (primary N) is 1. The zero-order chi connectivity index (χ0) is 9.42. The molecule has 0 amide bonds. The number of benzene rings is 1. The summed E-state index contributed by atoms with van der Waals surface area (Å²) in [5.41, 5.74) is 5.92. The maximum atomic E-state index is 11.4. The van der Waals surface area contributed by atoms with Gasteiger partial charge in [-0.3, -0.25) is 5.06 Å². The highest BCUT2D eigenvalue weighted by Crippen LogP contribution is 2.12. The molecule has 2 rings (SSSR count). The summed E-state index contributed by atoms with van der Waals surface area (Å²) in [6.45, 7) is 0. The fourth-order valence-corrected chi connectivity index (χ4v) is 1.23. The highest BCUT2D eigenvalue weighted by atomic mass is 16.5. The smallest absolute Gasteiger partial charge is 0.351 e. The topological polar surface area (TPSA) is 93.4 Å². The molecule has 0 aromatic heterocycles. The van der Waals surface area contributed by atoms with Gasteiger partial charge < -0.3 is 16.1 Å².